The number of nitrogens with zero attached hydrogens (tertiary/aromatic N) is 3. The number of carbonyl (C=O) groups excluding carboxylic acids is 2. The van der Waals surface area contributed by atoms with Crippen molar-refractivity contribution in [3.8, 4) is 0 Å². The number of Topliss-reactive ketones (excluding diaryl/α,β-unsaturated/α-hetero) is 1. The molecule has 5 aromatic rings. The second kappa shape index (κ2) is 9.58. The minimum atomic E-state index is -1.07. The second-order valence-corrected chi connectivity index (χ2v) is 10.7. The summed E-state index contributed by atoms with van der Waals surface area (Å²) in [7, 11) is 0. The fourth-order valence-electron chi connectivity index (χ4n) is 4.21. The van der Waals surface area contributed by atoms with Gasteiger partial charge in [0.15, 0.2) is 15.9 Å². The van der Waals surface area contributed by atoms with Gasteiger partial charge in [0.05, 0.1) is 5.57 Å². The van der Waals surface area contributed by atoms with Crippen LogP contribution in [0.4, 0.5) is 9.52 Å². The van der Waals surface area contributed by atoms with Crippen molar-refractivity contribution < 1.29 is 27.9 Å². The summed E-state index contributed by atoms with van der Waals surface area (Å²) in [6, 6.07) is 17.1. The van der Waals surface area contributed by atoms with Crippen molar-refractivity contribution >= 4 is 50.9 Å². The van der Waals surface area contributed by atoms with Gasteiger partial charge in [0.2, 0.25) is 10.9 Å². The Labute approximate surface area is 223 Å². The van der Waals surface area contributed by atoms with E-state index in [1.165, 1.54) is 28.8 Å². The number of hydrogen-bond acceptors (Lipinski definition) is 9. The zero-order chi connectivity index (χ0) is 26.4. The van der Waals surface area contributed by atoms with Crippen LogP contribution >= 0.6 is 23.1 Å². The number of aliphatic hydroxyl groups is 1. The van der Waals surface area contributed by atoms with Crippen molar-refractivity contribution in [3.05, 3.63) is 107 Å². The Morgan fingerprint density at radius 2 is 1.89 bits per heavy atom. The zero-order valence-corrected chi connectivity index (χ0v) is 21.4. The number of fused-ring (bicyclic) bond motifs is 1. The number of halogens is 1. The molecule has 0 saturated carbocycles. The third-order valence-electron chi connectivity index (χ3n) is 6.01. The lowest BCUT2D eigenvalue weighted by Gasteiger charge is -2.21. The van der Waals surface area contributed by atoms with E-state index >= 15 is 0 Å². The first-order valence-electron chi connectivity index (χ1n) is 11.5. The van der Waals surface area contributed by atoms with Gasteiger partial charge in [0.25, 0.3) is 5.91 Å². The molecule has 1 N–H and O–H groups in total. The summed E-state index contributed by atoms with van der Waals surface area (Å²) in [5.74, 6) is -1.09. The summed E-state index contributed by atoms with van der Waals surface area (Å²) in [4.78, 5) is 28.2. The third kappa shape index (κ3) is 4.29. The van der Waals surface area contributed by atoms with E-state index in [9.17, 15) is 19.1 Å². The normalized spacial score (nSPS) is 15.7. The van der Waals surface area contributed by atoms with Crippen LogP contribution in [0.1, 0.15) is 33.7 Å². The largest absolute Gasteiger partial charge is 0.503 e. The molecule has 1 unspecified atom stereocenters. The summed E-state index contributed by atoms with van der Waals surface area (Å²) in [5.41, 5.74) is 1.24. The summed E-state index contributed by atoms with van der Waals surface area (Å²) in [5, 5.41) is 20.2. The Kier molecular flexibility index (Phi) is 6.09. The van der Waals surface area contributed by atoms with E-state index in [1.54, 1.807) is 55.5 Å². The smallest absolute Gasteiger partial charge is 0.296 e. The van der Waals surface area contributed by atoms with Crippen LogP contribution in [-0.2, 0) is 10.5 Å². The molecule has 1 aliphatic heterocycles. The van der Waals surface area contributed by atoms with Gasteiger partial charge in [-0.1, -0.05) is 53.4 Å². The number of amides is 1. The number of aliphatic hydroxyl groups excluding tert-OH is 1. The first kappa shape index (κ1) is 24.1. The molecule has 11 heteroatoms. The molecule has 4 heterocycles. The van der Waals surface area contributed by atoms with E-state index in [1.807, 2.05) is 6.07 Å². The SMILES string of the molecule is Cc1ccc(C2C(C(=O)c3cc4ccccc4o3)=C(O)C(=O)N2c2nnc(SCc3ccc(F)cc3)s2)o1. The minimum Gasteiger partial charge on any atom is -0.503 e. The van der Waals surface area contributed by atoms with E-state index in [0.717, 1.165) is 22.3 Å². The summed E-state index contributed by atoms with van der Waals surface area (Å²) >= 11 is 2.51. The van der Waals surface area contributed by atoms with Crippen molar-refractivity contribution in [1.82, 2.24) is 10.2 Å². The van der Waals surface area contributed by atoms with Gasteiger partial charge in [0, 0.05) is 11.1 Å². The first-order valence-corrected chi connectivity index (χ1v) is 13.3. The lowest BCUT2D eigenvalue weighted by molar-refractivity contribution is -0.117. The van der Waals surface area contributed by atoms with Gasteiger partial charge in [0.1, 0.15) is 29.0 Å². The van der Waals surface area contributed by atoms with Crippen LogP contribution in [0.3, 0.4) is 0 Å². The molecule has 1 amide bonds. The molecule has 0 saturated heterocycles. The highest BCUT2D eigenvalue weighted by Gasteiger charge is 2.48. The summed E-state index contributed by atoms with van der Waals surface area (Å²) < 4.78 is 25.3. The lowest BCUT2D eigenvalue weighted by atomic mass is 10.00. The minimum absolute atomic E-state index is 0.0107. The van der Waals surface area contributed by atoms with Crippen LogP contribution < -0.4 is 4.90 Å². The number of thioether (sulfide) groups is 1. The average Bonchev–Trinajstić information content (AvgIpc) is 3.70. The molecule has 0 bridgehead atoms. The Hall–Kier alpha value is -4.22. The van der Waals surface area contributed by atoms with Crippen molar-refractivity contribution in [1.29, 1.82) is 0 Å². The Bertz CT molecular complexity index is 1690. The number of benzene rings is 2. The molecule has 0 radical (unpaired) electrons. The maximum absolute atomic E-state index is 13.6. The highest BCUT2D eigenvalue weighted by molar-refractivity contribution is 8.00. The van der Waals surface area contributed by atoms with E-state index in [-0.39, 0.29) is 28.0 Å². The van der Waals surface area contributed by atoms with Crippen LogP contribution in [-0.4, -0.2) is 27.0 Å². The molecule has 0 fully saturated rings. The van der Waals surface area contributed by atoms with E-state index < -0.39 is 23.5 Å². The molecule has 1 aliphatic rings. The van der Waals surface area contributed by atoms with Crippen molar-refractivity contribution in [3.63, 3.8) is 0 Å². The summed E-state index contributed by atoms with van der Waals surface area (Å²) in [6.07, 6.45) is 0. The number of anilines is 1. The van der Waals surface area contributed by atoms with Gasteiger partial charge in [-0.15, -0.1) is 10.2 Å². The highest BCUT2D eigenvalue weighted by atomic mass is 32.2. The fraction of sp³-hybridized carbons (Fsp3) is 0.111. The van der Waals surface area contributed by atoms with E-state index in [2.05, 4.69) is 10.2 Å². The predicted octanol–water partition coefficient (Wildman–Crippen LogP) is 6.40. The predicted molar refractivity (Wildman–Crippen MR) is 140 cm³/mol. The number of aromatic nitrogens is 2. The highest BCUT2D eigenvalue weighted by Crippen LogP contribution is 2.44. The summed E-state index contributed by atoms with van der Waals surface area (Å²) in [6.45, 7) is 1.74. The molecule has 2 aromatic carbocycles. The number of rotatable bonds is 7. The van der Waals surface area contributed by atoms with Crippen LogP contribution in [0.25, 0.3) is 11.0 Å². The number of aryl methyl sites for hydroxylation is 1. The van der Waals surface area contributed by atoms with Crippen LogP contribution in [0.5, 0.6) is 0 Å². The number of furan rings is 2. The lowest BCUT2D eigenvalue weighted by Crippen LogP contribution is -2.30. The van der Waals surface area contributed by atoms with Crippen molar-refractivity contribution in [2.24, 2.45) is 0 Å². The van der Waals surface area contributed by atoms with Gasteiger partial charge < -0.3 is 13.9 Å². The molecular formula is C27H18FN3O5S2. The Balaban J connectivity index is 1.34. The third-order valence-corrected chi connectivity index (χ3v) is 8.14. The molecule has 8 nitrogen and oxygen atoms in total. The Morgan fingerprint density at radius 3 is 2.63 bits per heavy atom. The maximum Gasteiger partial charge on any atom is 0.296 e. The van der Waals surface area contributed by atoms with Gasteiger partial charge in [-0.05, 0) is 48.9 Å². The van der Waals surface area contributed by atoms with Gasteiger partial charge in [-0.3, -0.25) is 14.5 Å². The van der Waals surface area contributed by atoms with Gasteiger partial charge in [-0.2, -0.15) is 0 Å². The Morgan fingerprint density at radius 1 is 1.11 bits per heavy atom. The zero-order valence-electron chi connectivity index (χ0n) is 19.8. The molecule has 1 atom stereocenters. The fourth-order valence-corrected chi connectivity index (χ4v) is 6.04. The van der Waals surface area contributed by atoms with Crippen molar-refractivity contribution in [2.75, 3.05) is 4.90 Å². The van der Waals surface area contributed by atoms with Crippen LogP contribution in [0.15, 0.2) is 91.2 Å². The standard InChI is InChI=1S/C27H18FN3O5S2/c1-14-6-11-19(35-14)22-21(23(32)20-12-16-4-2-3-5-18(16)36-20)24(33)25(34)31(22)26-29-30-27(38-26)37-13-15-7-9-17(28)10-8-15/h2-12,22,33H,13H2,1H3. The molecule has 38 heavy (non-hydrogen) atoms. The monoisotopic (exact) mass is 547 g/mol. The van der Waals surface area contributed by atoms with Gasteiger partial charge in [-0.25, -0.2) is 4.39 Å². The number of para-hydroxylation sites is 1. The molecule has 6 rings (SSSR count). The molecule has 0 aliphatic carbocycles. The van der Waals surface area contributed by atoms with Crippen molar-refractivity contribution in [2.45, 2.75) is 23.1 Å². The molecular weight excluding hydrogens is 529 g/mol. The average molecular weight is 548 g/mol. The van der Waals surface area contributed by atoms with E-state index in [0.29, 0.717) is 21.4 Å². The number of hydrogen-bond donors (Lipinski definition) is 1. The molecule has 0 spiro atoms. The number of ketones is 1. The van der Waals surface area contributed by atoms with Crippen LogP contribution in [0, 0.1) is 12.7 Å². The number of carbonyl (C=O) groups is 2. The topological polar surface area (TPSA) is 110 Å². The van der Waals surface area contributed by atoms with Crippen LogP contribution in [0.2, 0.25) is 0 Å². The quantitative estimate of drug-likeness (QED) is 0.142. The van der Waals surface area contributed by atoms with Gasteiger partial charge >= 0.3 is 0 Å². The van der Waals surface area contributed by atoms with E-state index in [4.69, 9.17) is 8.83 Å². The first-order chi connectivity index (χ1) is 18.4. The molecule has 190 valence electrons. The second-order valence-electron chi connectivity index (χ2n) is 8.53. The maximum atomic E-state index is 13.6. The molecule has 3 aromatic heterocycles.